The Morgan fingerprint density at radius 2 is 2.03 bits per heavy atom. The minimum Gasteiger partial charge on any atom is -0.486 e. The van der Waals surface area contributed by atoms with E-state index in [4.69, 9.17) is 27.9 Å². The normalized spacial score (nSPS) is 17.5. The Hall–Kier alpha value is -2.61. The number of hydrogen-bond donors (Lipinski definition) is 2. The van der Waals surface area contributed by atoms with E-state index in [2.05, 4.69) is 31.8 Å². The Balaban J connectivity index is 1.45. The molecule has 1 fully saturated rings. The molecule has 5 rings (SSSR count). The number of benzene rings is 1. The molecule has 7 nitrogen and oxygen atoms in total. The second kappa shape index (κ2) is 7.91. The number of pyridine rings is 1. The standard InChI is InChI=1S/C21H20Cl2N6O/c1-12(20-17(22)9-25-10-18(20)23)30-15-2-3-19-16(6-15)21(28-27-19)13-7-26-29(11-13)14-4-5-24-8-14/h2-3,6-7,9-12,14,24H,4-5,8H2,1H3,(H,27,28)/t12-,14+/m1/s1. The van der Waals surface area contributed by atoms with Crippen molar-refractivity contribution in [2.75, 3.05) is 13.1 Å². The van der Waals surface area contributed by atoms with Crippen LogP contribution < -0.4 is 10.1 Å². The van der Waals surface area contributed by atoms with Gasteiger partial charge < -0.3 is 10.1 Å². The lowest BCUT2D eigenvalue weighted by molar-refractivity contribution is 0.227. The molecule has 1 aromatic carbocycles. The van der Waals surface area contributed by atoms with Gasteiger partial charge in [0, 0.05) is 41.6 Å². The van der Waals surface area contributed by atoms with Gasteiger partial charge in [0.05, 0.1) is 27.8 Å². The van der Waals surface area contributed by atoms with E-state index in [1.807, 2.05) is 36.0 Å². The van der Waals surface area contributed by atoms with Crippen LogP contribution in [0.15, 0.2) is 43.0 Å². The molecule has 0 bridgehead atoms. The van der Waals surface area contributed by atoms with Gasteiger partial charge >= 0.3 is 0 Å². The highest BCUT2D eigenvalue weighted by Crippen LogP contribution is 2.35. The molecule has 0 spiro atoms. The topological polar surface area (TPSA) is 80.6 Å². The van der Waals surface area contributed by atoms with Crippen molar-refractivity contribution in [2.24, 2.45) is 0 Å². The number of aromatic amines is 1. The van der Waals surface area contributed by atoms with Crippen molar-refractivity contribution in [2.45, 2.75) is 25.5 Å². The predicted molar refractivity (Wildman–Crippen MR) is 117 cm³/mol. The molecule has 4 heterocycles. The number of rotatable bonds is 5. The van der Waals surface area contributed by atoms with E-state index in [1.54, 1.807) is 12.4 Å². The van der Waals surface area contributed by atoms with Gasteiger partial charge in [-0.2, -0.15) is 10.2 Å². The van der Waals surface area contributed by atoms with E-state index >= 15 is 0 Å². The molecule has 9 heteroatoms. The minimum absolute atomic E-state index is 0.335. The average Bonchev–Trinajstić information content (AvgIpc) is 3.47. The van der Waals surface area contributed by atoms with Gasteiger partial charge in [0.1, 0.15) is 17.5 Å². The van der Waals surface area contributed by atoms with Crippen molar-refractivity contribution < 1.29 is 4.74 Å². The molecule has 0 unspecified atom stereocenters. The van der Waals surface area contributed by atoms with Crippen LogP contribution in [-0.4, -0.2) is 38.1 Å². The minimum atomic E-state index is -0.335. The van der Waals surface area contributed by atoms with Gasteiger partial charge in [0.15, 0.2) is 0 Å². The van der Waals surface area contributed by atoms with Crippen LogP contribution >= 0.6 is 23.2 Å². The fraction of sp³-hybridized carbons (Fsp3) is 0.286. The first kappa shape index (κ1) is 19.4. The Bertz CT molecular complexity index is 1180. The van der Waals surface area contributed by atoms with Crippen molar-refractivity contribution in [3.05, 3.63) is 58.6 Å². The van der Waals surface area contributed by atoms with Crippen LogP contribution in [0, 0.1) is 0 Å². The van der Waals surface area contributed by atoms with Gasteiger partial charge in [-0.1, -0.05) is 23.2 Å². The first-order valence-corrected chi connectivity index (χ1v) is 10.5. The second-order valence-electron chi connectivity index (χ2n) is 7.41. The van der Waals surface area contributed by atoms with Gasteiger partial charge in [-0.15, -0.1) is 0 Å². The summed E-state index contributed by atoms with van der Waals surface area (Å²) in [6.07, 6.45) is 7.80. The molecule has 1 aliphatic heterocycles. The van der Waals surface area contributed by atoms with E-state index in [1.165, 1.54) is 0 Å². The third-order valence-electron chi connectivity index (χ3n) is 5.43. The third-order valence-corrected chi connectivity index (χ3v) is 6.03. The van der Waals surface area contributed by atoms with Gasteiger partial charge in [-0.3, -0.25) is 14.8 Å². The summed E-state index contributed by atoms with van der Waals surface area (Å²) >= 11 is 12.5. The molecule has 2 N–H and O–H groups in total. The Kier molecular flexibility index (Phi) is 5.10. The van der Waals surface area contributed by atoms with Crippen LogP contribution in [-0.2, 0) is 0 Å². The molecule has 4 aromatic rings. The van der Waals surface area contributed by atoms with E-state index in [9.17, 15) is 0 Å². The van der Waals surface area contributed by atoms with Gasteiger partial charge in [0.2, 0.25) is 0 Å². The molecule has 30 heavy (non-hydrogen) atoms. The Labute approximate surface area is 183 Å². The number of fused-ring (bicyclic) bond motifs is 1. The summed E-state index contributed by atoms with van der Waals surface area (Å²) in [6, 6.07) is 6.22. The molecule has 3 aromatic heterocycles. The zero-order valence-electron chi connectivity index (χ0n) is 16.3. The molecular formula is C21H20Cl2N6O. The van der Waals surface area contributed by atoms with Crippen molar-refractivity contribution >= 4 is 34.1 Å². The van der Waals surface area contributed by atoms with E-state index in [-0.39, 0.29) is 6.10 Å². The predicted octanol–water partition coefficient (Wildman–Crippen LogP) is 4.80. The lowest BCUT2D eigenvalue weighted by Crippen LogP contribution is -2.13. The largest absolute Gasteiger partial charge is 0.486 e. The maximum absolute atomic E-state index is 6.27. The number of hydrogen-bond acceptors (Lipinski definition) is 5. The number of H-pyrrole nitrogens is 1. The first-order chi connectivity index (χ1) is 14.6. The monoisotopic (exact) mass is 442 g/mol. The van der Waals surface area contributed by atoms with Crippen LogP contribution in [0.3, 0.4) is 0 Å². The van der Waals surface area contributed by atoms with Gasteiger partial charge in [-0.05, 0) is 38.1 Å². The maximum atomic E-state index is 6.27. The molecule has 1 aliphatic rings. The lowest BCUT2D eigenvalue weighted by Gasteiger charge is -2.17. The van der Waals surface area contributed by atoms with Gasteiger partial charge in [0.25, 0.3) is 0 Å². The van der Waals surface area contributed by atoms with Crippen molar-refractivity contribution in [1.82, 2.24) is 30.3 Å². The summed E-state index contributed by atoms with van der Waals surface area (Å²) in [5, 5.41) is 17.4. The summed E-state index contributed by atoms with van der Waals surface area (Å²) in [4.78, 5) is 4.00. The molecular weight excluding hydrogens is 423 g/mol. The quantitative estimate of drug-likeness (QED) is 0.463. The van der Waals surface area contributed by atoms with E-state index in [0.29, 0.717) is 27.4 Å². The van der Waals surface area contributed by atoms with Crippen LogP contribution in [0.2, 0.25) is 10.0 Å². The molecule has 0 amide bonds. The highest BCUT2D eigenvalue weighted by Gasteiger charge is 2.20. The van der Waals surface area contributed by atoms with Crippen molar-refractivity contribution in [1.29, 1.82) is 0 Å². The smallest absolute Gasteiger partial charge is 0.124 e. The van der Waals surface area contributed by atoms with Crippen molar-refractivity contribution in [3.63, 3.8) is 0 Å². The molecule has 0 aliphatic carbocycles. The maximum Gasteiger partial charge on any atom is 0.124 e. The Morgan fingerprint density at radius 3 is 2.80 bits per heavy atom. The molecule has 154 valence electrons. The number of halogens is 2. The van der Waals surface area contributed by atoms with Crippen LogP contribution in [0.5, 0.6) is 5.75 Å². The molecule has 0 saturated carbocycles. The van der Waals surface area contributed by atoms with E-state index in [0.717, 1.165) is 41.7 Å². The van der Waals surface area contributed by atoms with Crippen LogP contribution in [0.1, 0.15) is 31.1 Å². The Morgan fingerprint density at radius 1 is 1.20 bits per heavy atom. The number of nitrogens with one attached hydrogen (secondary N) is 2. The summed E-state index contributed by atoms with van der Waals surface area (Å²) in [7, 11) is 0. The van der Waals surface area contributed by atoms with Gasteiger partial charge in [-0.25, -0.2) is 0 Å². The first-order valence-electron chi connectivity index (χ1n) is 9.79. The zero-order valence-corrected chi connectivity index (χ0v) is 17.8. The highest BCUT2D eigenvalue weighted by molar-refractivity contribution is 6.35. The molecule has 1 saturated heterocycles. The number of nitrogens with zero attached hydrogens (tertiary/aromatic N) is 4. The van der Waals surface area contributed by atoms with Crippen molar-refractivity contribution in [3.8, 4) is 17.0 Å². The van der Waals surface area contributed by atoms with E-state index < -0.39 is 0 Å². The summed E-state index contributed by atoms with van der Waals surface area (Å²) in [5.74, 6) is 0.703. The van der Waals surface area contributed by atoms with Crippen LogP contribution in [0.4, 0.5) is 0 Å². The highest BCUT2D eigenvalue weighted by atomic mass is 35.5. The third kappa shape index (κ3) is 3.53. The SMILES string of the molecule is C[C@@H](Oc1ccc2[nH]nc(-c3cnn([C@H]4CCNC4)c3)c2c1)c1c(Cl)cncc1Cl. The number of ether oxygens (including phenoxy) is 1. The molecule has 2 atom stereocenters. The summed E-state index contributed by atoms with van der Waals surface area (Å²) in [5.41, 5.74) is 3.46. The summed E-state index contributed by atoms with van der Waals surface area (Å²) in [6.45, 7) is 3.88. The lowest BCUT2D eigenvalue weighted by atomic mass is 10.1. The fourth-order valence-electron chi connectivity index (χ4n) is 3.88. The zero-order chi connectivity index (χ0) is 20.7. The van der Waals surface area contributed by atoms with Crippen LogP contribution in [0.25, 0.3) is 22.2 Å². The second-order valence-corrected chi connectivity index (χ2v) is 8.23. The fourth-order valence-corrected chi connectivity index (χ4v) is 4.56. The molecule has 0 radical (unpaired) electrons. The average molecular weight is 443 g/mol. The number of aromatic nitrogens is 5. The summed E-state index contributed by atoms with van der Waals surface area (Å²) < 4.78 is 8.17.